The van der Waals surface area contributed by atoms with Crippen molar-refractivity contribution in [1.82, 2.24) is 14.8 Å². The molecule has 23 heavy (non-hydrogen) atoms. The quantitative estimate of drug-likeness (QED) is 0.605. The Morgan fingerprint density at radius 2 is 2.04 bits per heavy atom. The Morgan fingerprint density at radius 3 is 2.74 bits per heavy atom. The van der Waals surface area contributed by atoms with Gasteiger partial charge in [-0.15, -0.1) is 10.2 Å². The van der Waals surface area contributed by atoms with Crippen molar-refractivity contribution >= 4 is 23.4 Å². The number of nitrogens with zero attached hydrogens (tertiary/aromatic N) is 3. The number of benzene rings is 1. The number of rotatable bonds is 6. The van der Waals surface area contributed by atoms with E-state index < -0.39 is 0 Å². The summed E-state index contributed by atoms with van der Waals surface area (Å²) >= 11 is 7.20. The number of thioether (sulfide) groups is 1. The van der Waals surface area contributed by atoms with Crippen molar-refractivity contribution in [2.75, 3.05) is 5.75 Å². The van der Waals surface area contributed by atoms with Crippen LogP contribution >= 0.6 is 23.4 Å². The molecule has 0 aliphatic carbocycles. The van der Waals surface area contributed by atoms with Crippen molar-refractivity contribution in [3.8, 4) is 11.4 Å². The van der Waals surface area contributed by atoms with E-state index in [9.17, 15) is 0 Å². The highest BCUT2D eigenvalue weighted by Gasteiger charge is 2.17. The summed E-state index contributed by atoms with van der Waals surface area (Å²) in [4.78, 5) is 0. The third kappa shape index (κ3) is 3.68. The second-order valence-electron chi connectivity index (χ2n) is 4.94. The van der Waals surface area contributed by atoms with Gasteiger partial charge in [0.05, 0.1) is 18.4 Å². The zero-order valence-corrected chi connectivity index (χ0v) is 14.2. The van der Waals surface area contributed by atoms with Gasteiger partial charge in [0.25, 0.3) is 0 Å². The van der Waals surface area contributed by atoms with Gasteiger partial charge in [0.15, 0.2) is 11.0 Å². The van der Waals surface area contributed by atoms with Gasteiger partial charge in [0.2, 0.25) is 0 Å². The predicted molar refractivity (Wildman–Crippen MR) is 93.7 cm³/mol. The maximum absolute atomic E-state index is 5.60. The van der Waals surface area contributed by atoms with Gasteiger partial charge in [-0.2, -0.15) is 0 Å². The monoisotopic (exact) mass is 345 g/mol. The Kier molecular flexibility index (Phi) is 5.20. The average molecular weight is 346 g/mol. The molecule has 0 unspecified atom stereocenters. The summed E-state index contributed by atoms with van der Waals surface area (Å²) < 4.78 is 7.53. The molecule has 0 atom stereocenters. The maximum atomic E-state index is 5.60. The topological polar surface area (TPSA) is 43.9 Å². The molecule has 0 saturated carbocycles. The summed E-state index contributed by atoms with van der Waals surface area (Å²) in [6.45, 7) is 2.64. The summed E-state index contributed by atoms with van der Waals surface area (Å²) in [6.07, 6.45) is 3.56. The highest BCUT2D eigenvalue weighted by Crippen LogP contribution is 2.28. The molecule has 3 rings (SSSR count). The molecule has 0 aliphatic rings. The van der Waals surface area contributed by atoms with E-state index in [0.717, 1.165) is 28.1 Å². The Hall–Kier alpha value is -1.98. The van der Waals surface area contributed by atoms with E-state index in [0.29, 0.717) is 6.54 Å². The lowest BCUT2D eigenvalue weighted by atomic mass is 10.2. The van der Waals surface area contributed by atoms with Crippen LogP contribution in [0.15, 0.2) is 63.8 Å². The lowest BCUT2D eigenvalue weighted by Crippen LogP contribution is -2.04. The number of hydrogen-bond donors (Lipinski definition) is 0. The van der Waals surface area contributed by atoms with E-state index in [1.165, 1.54) is 11.1 Å². The minimum atomic E-state index is 0.709. The SMILES string of the molecule is Cc1occc1-c1nnc(SC/C=C/Cl)n1Cc1ccccc1. The summed E-state index contributed by atoms with van der Waals surface area (Å²) in [7, 11) is 0. The lowest BCUT2D eigenvalue weighted by molar-refractivity contribution is 0.534. The van der Waals surface area contributed by atoms with Crippen molar-refractivity contribution in [2.24, 2.45) is 0 Å². The van der Waals surface area contributed by atoms with Crippen LogP contribution in [0.3, 0.4) is 0 Å². The largest absolute Gasteiger partial charge is 0.469 e. The zero-order valence-electron chi connectivity index (χ0n) is 12.6. The molecule has 0 fully saturated rings. The molecule has 6 heteroatoms. The molecule has 0 aliphatic heterocycles. The maximum Gasteiger partial charge on any atom is 0.192 e. The van der Waals surface area contributed by atoms with Crippen molar-refractivity contribution in [1.29, 1.82) is 0 Å². The molecule has 4 nitrogen and oxygen atoms in total. The van der Waals surface area contributed by atoms with Crippen molar-refractivity contribution < 1.29 is 4.42 Å². The smallest absolute Gasteiger partial charge is 0.192 e. The number of hydrogen-bond acceptors (Lipinski definition) is 4. The molecule has 2 aromatic heterocycles. The third-order valence-corrected chi connectivity index (χ3v) is 4.50. The lowest BCUT2D eigenvalue weighted by Gasteiger charge is -2.09. The van der Waals surface area contributed by atoms with Gasteiger partial charge in [-0.3, -0.25) is 4.57 Å². The van der Waals surface area contributed by atoms with Gasteiger partial charge < -0.3 is 4.42 Å². The van der Waals surface area contributed by atoms with Crippen molar-refractivity contribution in [3.63, 3.8) is 0 Å². The second kappa shape index (κ2) is 7.53. The van der Waals surface area contributed by atoms with Gasteiger partial charge in [-0.05, 0) is 18.6 Å². The minimum Gasteiger partial charge on any atom is -0.469 e. The molecular weight excluding hydrogens is 330 g/mol. The molecule has 0 amide bonds. The van der Waals surface area contributed by atoms with Crippen molar-refractivity contribution in [2.45, 2.75) is 18.6 Å². The van der Waals surface area contributed by atoms with Crippen LogP contribution in [0.1, 0.15) is 11.3 Å². The Bertz CT molecular complexity index is 795. The molecule has 0 N–H and O–H groups in total. The molecule has 3 aromatic rings. The van der Waals surface area contributed by atoms with E-state index in [4.69, 9.17) is 16.0 Å². The highest BCUT2D eigenvalue weighted by molar-refractivity contribution is 7.99. The van der Waals surface area contributed by atoms with Crippen LogP contribution < -0.4 is 0 Å². The van der Waals surface area contributed by atoms with E-state index in [2.05, 4.69) is 26.9 Å². The van der Waals surface area contributed by atoms with Crippen LogP contribution in [0.5, 0.6) is 0 Å². The van der Waals surface area contributed by atoms with Crippen molar-refractivity contribution in [3.05, 3.63) is 65.6 Å². The standard InChI is InChI=1S/C17H16ClN3OS/c1-13-15(8-10-22-13)16-19-20-17(23-11-5-9-18)21(16)12-14-6-3-2-4-7-14/h2-10H,11-12H2,1H3/b9-5+. The first-order chi connectivity index (χ1) is 11.3. The number of halogens is 1. The zero-order chi connectivity index (χ0) is 16.1. The summed E-state index contributed by atoms with van der Waals surface area (Å²) in [5.41, 5.74) is 3.68. The van der Waals surface area contributed by atoms with Gasteiger partial charge in [-0.25, -0.2) is 0 Å². The van der Waals surface area contributed by atoms with E-state index in [-0.39, 0.29) is 0 Å². The predicted octanol–water partition coefficient (Wildman–Crippen LogP) is 4.74. The molecule has 0 radical (unpaired) electrons. The normalized spacial score (nSPS) is 11.4. The van der Waals surface area contributed by atoms with Gasteiger partial charge >= 0.3 is 0 Å². The Labute approximate surface area is 144 Å². The van der Waals surface area contributed by atoms with Crippen LogP contribution in [0, 0.1) is 6.92 Å². The van der Waals surface area contributed by atoms with E-state index in [1.807, 2.05) is 37.3 Å². The van der Waals surface area contributed by atoms with Crippen LogP contribution in [0.2, 0.25) is 0 Å². The summed E-state index contributed by atoms with van der Waals surface area (Å²) in [6, 6.07) is 12.2. The minimum absolute atomic E-state index is 0.709. The molecule has 1 aromatic carbocycles. The summed E-state index contributed by atoms with van der Waals surface area (Å²) in [5.74, 6) is 2.40. The first-order valence-electron chi connectivity index (χ1n) is 7.19. The van der Waals surface area contributed by atoms with Crippen LogP contribution in [0.25, 0.3) is 11.4 Å². The van der Waals surface area contributed by atoms with Gasteiger partial charge in [-0.1, -0.05) is 59.8 Å². The van der Waals surface area contributed by atoms with Gasteiger partial charge in [0, 0.05) is 11.3 Å². The first kappa shape index (κ1) is 15.9. The highest BCUT2D eigenvalue weighted by atomic mass is 35.5. The third-order valence-electron chi connectivity index (χ3n) is 3.40. The van der Waals surface area contributed by atoms with Gasteiger partial charge in [0.1, 0.15) is 5.76 Å². The molecular formula is C17H16ClN3OS. The van der Waals surface area contributed by atoms with E-state index >= 15 is 0 Å². The Balaban J connectivity index is 1.97. The average Bonchev–Trinajstić information content (AvgIpc) is 3.15. The second-order valence-corrected chi connectivity index (χ2v) is 6.18. The fourth-order valence-corrected chi connectivity index (χ4v) is 3.22. The molecule has 2 heterocycles. The number of aromatic nitrogens is 3. The first-order valence-corrected chi connectivity index (χ1v) is 8.61. The Morgan fingerprint density at radius 1 is 1.22 bits per heavy atom. The number of aryl methyl sites for hydroxylation is 1. The number of furan rings is 1. The van der Waals surface area contributed by atoms with Crippen LogP contribution in [-0.2, 0) is 6.54 Å². The van der Waals surface area contributed by atoms with Crippen LogP contribution in [-0.4, -0.2) is 20.5 Å². The fraction of sp³-hybridized carbons (Fsp3) is 0.176. The van der Waals surface area contributed by atoms with E-state index in [1.54, 1.807) is 18.0 Å². The van der Waals surface area contributed by atoms with Crippen LogP contribution in [0.4, 0.5) is 0 Å². The molecule has 118 valence electrons. The molecule has 0 spiro atoms. The fourth-order valence-electron chi connectivity index (χ4n) is 2.28. The molecule has 0 saturated heterocycles. The molecule has 0 bridgehead atoms. The summed E-state index contributed by atoms with van der Waals surface area (Å²) in [5, 5.41) is 9.57.